The molecule has 2 N–H and O–H groups in total. The van der Waals surface area contributed by atoms with E-state index < -0.39 is 0 Å². The molecule has 98 valence electrons. The van der Waals surface area contributed by atoms with Gasteiger partial charge in [-0.1, -0.05) is 25.3 Å². The molecule has 1 atom stereocenters. The molecule has 1 aromatic rings. The molecule has 0 amide bonds. The van der Waals surface area contributed by atoms with Crippen LogP contribution < -0.4 is 10.9 Å². The van der Waals surface area contributed by atoms with Gasteiger partial charge in [-0.05, 0) is 37.7 Å². The van der Waals surface area contributed by atoms with Crippen LogP contribution >= 0.6 is 0 Å². The van der Waals surface area contributed by atoms with Crippen LogP contribution in [0.2, 0.25) is 0 Å². The monoisotopic (exact) mass is 246 g/mol. The third-order valence-corrected chi connectivity index (χ3v) is 4.37. The van der Waals surface area contributed by atoms with Crippen molar-refractivity contribution in [2.75, 3.05) is 0 Å². The number of aromatic nitrogens is 1. The minimum absolute atomic E-state index is 0.0343. The molecule has 1 unspecified atom stereocenters. The first-order valence-electron chi connectivity index (χ1n) is 7.31. The summed E-state index contributed by atoms with van der Waals surface area (Å²) < 4.78 is 0. The molecule has 1 fully saturated rings. The summed E-state index contributed by atoms with van der Waals surface area (Å²) in [6.07, 6.45) is 10.2. The molecule has 2 aliphatic rings. The maximum Gasteiger partial charge on any atom is 0.248 e. The van der Waals surface area contributed by atoms with Crippen molar-refractivity contribution in [1.29, 1.82) is 0 Å². The Kier molecular flexibility index (Phi) is 3.50. The second-order valence-corrected chi connectivity index (χ2v) is 5.70. The average molecular weight is 246 g/mol. The molecule has 0 aliphatic heterocycles. The van der Waals surface area contributed by atoms with E-state index in [0.717, 1.165) is 12.1 Å². The van der Waals surface area contributed by atoms with E-state index in [2.05, 4.69) is 10.3 Å². The smallest absolute Gasteiger partial charge is 0.248 e. The van der Waals surface area contributed by atoms with Crippen molar-refractivity contribution >= 4 is 0 Å². The Labute approximate surface area is 108 Å². The van der Waals surface area contributed by atoms with Gasteiger partial charge in [0.2, 0.25) is 5.56 Å². The predicted molar refractivity (Wildman–Crippen MR) is 72.8 cm³/mol. The predicted octanol–water partition coefficient (Wildman–Crippen LogP) is 2.67. The van der Waals surface area contributed by atoms with E-state index in [1.807, 2.05) is 6.07 Å². The number of aryl methyl sites for hydroxylation is 1. The van der Waals surface area contributed by atoms with Gasteiger partial charge in [0.1, 0.15) is 0 Å². The van der Waals surface area contributed by atoms with E-state index >= 15 is 0 Å². The molecule has 3 rings (SSSR count). The van der Waals surface area contributed by atoms with Gasteiger partial charge in [-0.15, -0.1) is 0 Å². The van der Waals surface area contributed by atoms with Crippen LogP contribution in [-0.4, -0.2) is 11.0 Å². The van der Waals surface area contributed by atoms with Crippen LogP contribution in [0.25, 0.3) is 0 Å². The van der Waals surface area contributed by atoms with Gasteiger partial charge in [0, 0.05) is 23.8 Å². The molecule has 1 saturated carbocycles. The van der Waals surface area contributed by atoms with Crippen molar-refractivity contribution in [2.24, 2.45) is 0 Å². The zero-order valence-electron chi connectivity index (χ0n) is 10.9. The lowest BCUT2D eigenvalue weighted by Crippen LogP contribution is -2.36. The minimum atomic E-state index is 0.0343. The van der Waals surface area contributed by atoms with Crippen LogP contribution in [0.1, 0.15) is 62.2 Å². The zero-order valence-corrected chi connectivity index (χ0v) is 10.9. The van der Waals surface area contributed by atoms with Gasteiger partial charge < -0.3 is 10.3 Å². The fraction of sp³-hybridized carbons (Fsp3) is 0.667. The van der Waals surface area contributed by atoms with Crippen molar-refractivity contribution < 1.29 is 0 Å². The molecule has 0 radical (unpaired) electrons. The first-order chi connectivity index (χ1) is 8.83. The van der Waals surface area contributed by atoms with E-state index in [1.54, 1.807) is 6.07 Å². The van der Waals surface area contributed by atoms with Crippen LogP contribution in [0.15, 0.2) is 16.9 Å². The van der Waals surface area contributed by atoms with E-state index in [1.165, 1.54) is 50.5 Å². The van der Waals surface area contributed by atoms with Gasteiger partial charge in [0.25, 0.3) is 0 Å². The number of pyridine rings is 1. The SMILES string of the molecule is O=c1ccc2c([nH]1)CCCC2NC1CCCCC1. The van der Waals surface area contributed by atoms with Gasteiger partial charge in [-0.25, -0.2) is 0 Å². The van der Waals surface area contributed by atoms with Crippen LogP contribution in [0.3, 0.4) is 0 Å². The Morgan fingerprint density at radius 1 is 1.06 bits per heavy atom. The zero-order chi connectivity index (χ0) is 12.4. The van der Waals surface area contributed by atoms with Crippen LogP contribution in [0.4, 0.5) is 0 Å². The normalized spacial score (nSPS) is 24.8. The topological polar surface area (TPSA) is 44.9 Å². The Morgan fingerprint density at radius 3 is 2.72 bits per heavy atom. The highest BCUT2D eigenvalue weighted by atomic mass is 16.1. The summed E-state index contributed by atoms with van der Waals surface area (Å²) in [5.74, 6) is 0. The quantitative estimate of drug-likeness (QED) is 0.842. The highest BCUT2D eigenvalue weighted by Crippen LogP contribution is 2.29. The lowest BCUT2D eigenvalue weighted by Gasteiger charge is -2.32. The lowest BCUT2D eigenvalue weighted by atomic mass is 9.88. The molecule has 1 aromatic heterocycles. The molecule has 0 saturated heterocycles. The maximum atomic E-state index is 11.4. The van der Waals surface area contributed by atoms with Crippen LogP contribution in [-0.2, 0) is 6.42 Å². The molecule has 0 aromatic carbocycles. The number of fused-ring (bicyclic) bond motifs is 1. The second kappa shape index (κ2) is 5.27. The summed E-state index contributed by atoms with van der Waals surface area (Å²) >= 11 is 0. The van der Waals surface area contributed by atoms with Gasteiger partial charge in [-0.3, -0.25) is 4.79 Å². The first-order valence-corrected chi connectivity index (χ1v) is 7.31. The fourth-order valence-corrected chi connectivity index (χ4v) is 3.43. The summed E-state index contributed by atoms with van der Waals surface area (Å²) in [5, 5.41) is 3.81. The molecule has 0 bridgehead atoms. The minimum Gasteiger partial charge on any atom is -0.326 e. The summed E-state index contributed by atoms with van der Waals surface area (Å²) in [4.78, 5) is 14.4. The highest BCUT2D eigenvalue weighted by molar-refractivity contribution is 5.26. The van der Waals surface area contributed by atoms with E-state index in [-0.39, 0.29) is 5.56 Å². The third kappa shape index (κ3) is 2.51. The molecule has 0 spiro atoms. The fourth-order valence-electron chi connectivity index (χ4n) is 3.43. The summed E-state index contributed by atoms with van der Waals surface area (Å²) in [5.41, 5.74) is 2.51. The number of nitrogens with one attached hydrogen (secondary N) is 2. The molecule has 2 aliphatic carbocycles. The molecular weight excluding hydrogens is 224 g/mol. The number of H-pyrrole nitrogens is 1. The summed E-state index contributed by atoms with van der Waals surface area (Å²) in [6.45, 7) is 0. The molecular formula is C15H22N2O. The van der Waals surface area contributed by atoms with Gasteiger partial charge in [0.15, 0.2) is 0 Å². The lowest BCUT2D eigenvalue weighted by molar-refractivity contribution is 0.320. The molecule has 3 nitrogen and oxygen atoms in total. The standard InChI is InChI=1S/C15H22N2O/c18-15-10-9-12-13(7-4-8-14(12)17-15)16-11-5-2-1-3-6-11/h9-11,13,16H,1-8H2,(H,17,18). The van der Waals surface area contributed by atoms with Crippen molar-refractivity contribution in [1.82, 2.24) is 10.3 Å². The molecule has 18 heavy (non-hydrogen) atoms. The molecule has 1 heterocycles. The van der Waals surface area contributed by atoms with Gasteiger partial charge in [-0.2, -0.15) is 0 Å². The third-order valence-electron chi connectivity index (χ3n) is 4.37. The summed E-state index contributed by atoms with van der Waals surface area (Å²) in [6, 6.07) is 4.82. The van der Waals surface area contributed by atoms with E-state index in [9.17, 15) is 4.79 Å². The van der Waals surface area contributed by atoms with Gasteiger partial charge >= 0.3 is 0 Å². The molecule has 3 heteroatoms. The van der Waals surface area contributed by atoms with E-state index in [0.29, 0.717) is 12.1 Å². The van der Waals surface area contributed by atoms with Crippen molar-refractivity contribution in [2.45, 2.75) is 63.5 Å². The number of rotatable bonds is 2. The largest absolute Gasteiger partial charge is 0.326 e. The Balaban J connectivity index is 1.76. The Hall–Kier alpha value is -1.09. The van der Waals surface area contributed by atoms with Gasteiger partial charge in [0.05, 0.1) is 0 Å². The average Bonchev–Trinajstić information content (AvgIpc) is 2.40. The second-order valence-electron chi connectivity index (χ2n) is 5.70. The summed E-state index contributed by atoms with van der Waals surface area (Å²) in [7, 11) is 0. The Morgan fingerprint density at radius 2 is 1.89 bits per heavy atom. The van der Waals surface area contributed by atoms with Crippen molar-refractivity contribution in [3.63, 3.8) is 0 Å². The number of hydrogen-bond acceptors (Lipinski definition) is 2. The first kappa shape index (κ1) is 12.0. The number of hydrogen-bond donors (Lipinski definition) is 2. The van der Waals surface area contributed by atoms with Crippen molar-refractivity contribution in [3.8, 4) is 0 Å². The van der Waals surface area contributed by atoms with Crippen LogP contribution in [0.5, 0.6) is 0 Å². The number of aromatic amines is 1. The van der Waals surface area contributed by atoms with E-state index in [4.69, 9.17) is 0 Å². The maximum absolute atomic E-state index is 11.4. The van der Waals surface area contributed by atoms with Crippen LogP contribution in [0, 0.1) is 0 Å². The highest BCUT2D eigenvalue weighted by Gasteiger charge is 2.24. The Bertz CT molecular complexity index is 460. The van der Waals surface area contributed by atoms with Crippen molar-refractivity contribution in [3.05, 3.63) is 33.7 Å².